The average Bonchev–Trinajstić information content (AvgIpc) is 3.05. The number of carbonyl (C=O) groups excluding carboxylic acids is 1. The zero-order chi connectivity index (χ0) is 18.1. The first-order valence-electron chi connectivity index (χ1n) is 9.27. The van der Waals surface area contributed by atoms with Crippen molar-refractivity contribution in [3.63, 3.8) is 0 Å². The van der Waals surface area contributed by atoms with Gasteiger partial charge in [0.1, 0.15) is 0 Å². The lowest BCUT2D eigenvalue weighted by Crippen LogP contribution is -2.44. The van der Waals surface area contributed by atoms with Crippen molar-refractivity contribution in [1.82, 2.24) is 15.0 Å². The lowest BCUT2D eigenvalue weighted by atomic mass is 9.87. The highest BCUT2D eigenvalue weighted by Gasteiger charge is 2.28. The Bertz CT molecular complexity index is 947. The number of hydrogen-bond donors (Lipinski definition) is 0. The van der Waals surface area contributed by atoms with Crippen LogP contribution in [0.2, 0.25) is 0 Å². The zero-order valence-corrected chi connectivity index (χ0v) is 15.2. The molecule has 0 aliphatic heterocycles. The predicted molar refractivity (Wildman–Crippen MR) is 100 cm³/mol. The Morgan fingerprint density at radius 2 is 2.12 bits per heavy atom. The Kier molecular flexibility index (Phi) is 4.45. The molecule has 3 aromatic rings. The molecule has 1 aliphatic rings. The molecule has 2 aromatic heterocycles. The summed E-state index contributed by atoms with van der Waals surface area (Å²) in [5, 5.41) is 4.74. The molecule has 0 saturated carbocycles. The molecule has 0 bridgehead atoms. The highest BCUT2D eigenvalue weighted by atomic mass is 16.5. The molecule has 0 spiro atoms. The topological polar surface area (TPSA) is 59.2 Å². The van der Waals surface area contributed by atoms with E-state index >= 15 is 0 Å². The maximum Gasteiger partial charge on any atom is 0.257 e. The fourth-order valence-corrected chi connectivity index (χ4v) is 3.86. The summed E-state index contributed by atoms with van der Waals surface area (Å²) in [6, 6.07) is 10.6. The fraction of sp³-hybridized carbons (Fsp3) is 0.381. The van der Waals surface area contributed by atoms with Crippen molar-refractivity contribution < 1.29 is 9.32 Å². The van der Waals surface area contributed by atoms with Crippen LogP contribution in [0.25, 0.3) is 11.1 Å². The summed E-state index contributed by atoms with van der Waals surface area (Å²) in [5.74, 6) is 0.0474. The van der Waals surface area contributed by atoms with Crippen LogP contribution in [0.15, 0.2) is 41.1 Å². The van der Waals surface area contributed by atoms with Crippen LogP contribution in [0.4, 0.5) is 0 Å². The third-order valence-electron chi connectivity index (χ3n) is 5.24. The number of hydrogen-bond acceptors (Lipinski definition) is 4. The standard InChI is InChI=1S/C21H23N3O2/c1-3-10-24(18-9-8-15-6-4-5-7-16(15)11-18)21(25)17-12-19-14(2)23-26-20(19)22-13-17/h4-7,12-13,18H,3,8-11H2,1-2H3/t18-/m1/s1. The van der Waals surface area contributed by atoms with Gasteiger partial charge in [0.15, 0.2) is 0 Å². The van der Waals surface area contributed by atoms with Crippen LogP contribution in [-0.2, 0) is 12.8 Å². The minimum Gasteiger partial charge on any atom is -0.336 e. The zero-order valence-electron chi connectivity index (χ0n) is 15.2. The van der Waals surface area contributed by atoms with E-state index in [1.165, 1.54) is 11.1 Å². The van der Waals surface area contributed by atoms with Crippen molar-refractivity contribution in [2.45, 2.75) is 45.6 Å². The van der Waals surface area contributed by atoms with Crippen molar-refractivity contribution in [2.24, 2.45) is 0 Å². The first kappa shape index (κ1) is 16.8. The molecule has 5 heteroatoms. The van der Waals surface area contributed by atoms with Gasteiger partial charge in [-0.2, -0.15) is 0 Å². The highest BCUT2D eigenvalue weighted by Crippen LogP contribution is 2.26. The summed E-state index contributed by atoms with van der Waals surface area (Å²) in [4.78, 5) is 19.6. The normalized spacial score (nSPS) is 16.5. The Morgan fingerprint density at radius 1 is 1.31 bits per heavy atom. The number of fused-ring (bicyclic) bond motifs is 2. The maximum atomic E-state index is 13.3. The molecule has 0 unspecified atom stereocenters. The SMILES string of the molecule is CCCN(C(=O)c1cnc2onc(C)c2c1)[C@@H]1CCc2ccccc2C1. The van der Waals surface area contributed by atoms with Gasteiger partial charge in [0.2, 0.25) is 0 Å². The number of benzene rings is 1. The summed E-state index contributed by atoms with van der Waals surface area (Å²) in [7, 11) is 0. The number of nitrogens with zero attached hydrogens (tertiary/aromatic N) is 3. The average molecular weight is 349 g/mol. The molecular formula is C21H23N3O2. The van der Waals surface area contributed by atoms with Crippen LogP contribution in [0, 0.1) is 6.92 Å². The summed E-state index contributed by atoms with van der Waals surface area (Å²) in [6.07, 6.45) is 5.49. The number of rotatable bonds is 4. The van der Waals surface area contributed by atoms with Gasteiger partial charge in [-0.05, 0) is 49.8 Å². The Morgan fingerprint density at radius 3 is 2.92 bits per heavy atom. The van der Waals surface area contributed by atoms with Crippen LogP contribution >= 0.6 is 0 Å². The van der Waals surface area contributed by atoms with E-state index in [2.05, 4.69) is 41.3 Å². The Labute approximate surface area is 153 Å². The van der Waals surface area contributed by atoms with Gasteiger partial charge in [-0.15, -0.1) is 0 Å². The van der Waals surface area contributed by atoms with Gasteiger partial charge in [0.25, 0.3) is 11.6 Å². The maximum absolute atomic E-state index is 13.3. The lowest BCUT2D eigenvalue weighted by Gasteiger charge is -2.35. The van der Waals surface area contributed by atoms with E-state index in [0.29, 0.717) is 11.3 Å². The van der Waals surface area contributed by atoms with Gasteiger partial charge in [-0.25, -0.2) is 4.98 Å². The quantitative estimate of drug-likeness (QED) is 0.716. The van der Waals surface area contributed by atoms with E-state index in [9.17, 15) is 4.79 Å². The molecule has 0 fully saturated rings. The molecule has 2 heterocycles. The van der Waals surface area contributed by atoms with Crippen molar-refractivity contribution in [1.29, 1.82) is 0 Å². The number of pyridine rings is 1. The van der Waals surface area contributed by atoms with Crippen LogP contribution in [0.1, 0.15) is 46.9 Å². The van der Waals surface area contributed by atoms with Gasteiger partial charge in [0, 0.05) is 18.8 Å². The molecule has 1 aliphatic carbocycles. The van der Waals surface area contributed by atoms with Gasteiger partial charge in [-0.1, -0.05) is 36.3 Å². The molecule has 1 amide bonds. The van der Waals surface area contributed by atoms with Crippen LogP contribution < -0.4 is 0 Å². The van der Waals surface area contributed by atoms with E-state index in [1.807, 2.05) is 17.9 Å². The van der Waals surface area contributed by atoms with Crippen LogP contribution in [0.5, 0.6) is 0 Å². The van der Waals surface area contributed by atoms with Crippen molar-refractivity contribution >= 4 is 17.0 Å². The molecule has 0 saturated heterocycles. The monoisotopic (exact) mass is 349 g/mol. The summed E-state index contributed by atoms with van der Waals surface area (Å²) in [6.45, 7) is 4.73. The van der Waals surface area contributed by atoms with E-state index < -0.39 is 0 Å². The predicted octanol–water partition coefficient (Wildman–Crippen LogP) is 3.94. The van der Waals surface area contributed by atoms with Crippen molar-refractivity contribution in [2.75, 3.05) is 6.54 Å². The third-order valence-corrected chi connectivity index (χ3v) is 5.24. The highest BCUT2D eigenvalue weighted by molar-refractivity contribution is 5.97. The molecule has 134 valence electrons. The number of aryl methyl sites for hydroxylation is 2. The van der Waals surface area contributed by atoms with Crippen LogP contribution in [0.3, 0.4) is 0 Å². The Balaban J connectivity index is 1.63. The van der Waals surface area contributed by atoms with E-state index in [4.69, 9.17) is 4.52 Å². The molecule has 0 N–H and O–H groups in total. The number of carbonyl (C=O) groups is 1. The second-order valence-corrected chi connectivity index (χ2v) is 7.01. The van der Waals surface area contributed by atoms with Crippen LogP contribution in [-0.4, -0.2) is 33.5 Å². The van der Waals surface area contributed by atoms with Crippen molar-refractivity contribution in [3.05, 3.63) is 58.9 Å². The molecule has 1 atom stereocenters. The second kappa shape index (κ2) is 6.90. The minimum atomic E-state index is 0.0474. The molecule has 5 nitrogen and oxygen atoms in total. The van der Waals surface area contributed by atoms with Crippen molar-refractivity contribution in [3.8, 4) is 0 Å². The molecule has 26 heavy (non-hydrogen) atoms. The molecule has 4 rings (SSSR count). The van der Waals surface area contributed by atoms with Gasteiger partial charge in [-0.3, -0.25) is 4.79 Å². The summed E-state index contributed by atoms with van der Waals surface area (Å²) < 4.78 is 5.16. The first-order chi connectivity index (χ1) is 12.7. The second-order valence-electron chi connectivity index (χ2n) is 7.01. The largest absolute Gasteiger partial charge is 0.336 e. The lowest BCUT2D eigenvalue weighted by molar-refractivity contribution is 0.0661. The van der Waals surface area contributed by atoms with E-state index in [-0.39, 0.29) is 11.9 Å². The van der Waals surface area contributed by atoms with Gasteiger partial charge in [0.05, 0.1) is 16.6 Å². The fourth-order valence-electron chi connectivity index (χ4n) is 3.86. The Hall–Kier alpha value is -2.69. The molecule has 1 aromatic carbocycles. The number of amides is 1. The van der Waals surface area contributed by atoms with Gasteiger partial charge < -0.3 is 9.42 Å². The van der Waals surface area contributed by atoms with Gasteiger partial charge >= 0.3 is 0 Å². The molecule has 0 radical (unpaired) electrons. The molecular weight excluding hydrogens is 326 g/mol. The first-order valence-corrected chi connectivity index (χ1v) is 9.27. The summed E-state index contributed by atoms with van der Waals surface area (Å²) in [5.41, 5.74) is 4.62. The third kappa shape index (κ3) is 2.98. The smallest absolute Gasteiger partial charge is 0.257 e. The number of aromatic nitrogens is 2. The van der Waals surface area contributed by atoms with E-state index in [0.717, 1.165) is 43.3 Å². The minimum absolute atomic E-state index is 0.0474. The summed E-state index contributed by atoms with van der Waals surface area (Å²) >= 11 is 0. The van der Waals surface area contributed by atoms with E-state index in [1.54, 1.807) is 6.20 Å².